The third-order valence-electron chi connectivity index (χ3n) is 7.44. The largest absolute Gasteiger partial charge is 0.397 e. The van der Waals surface area contributed by atoms with E-state index < -0.39 is 11.9 Å². The average Bonchev–Trinajstić information content (AvgIpc) is 3.28. The summed E-state index contributed by atoms with van der Waals surface area (Å²) in [6.45, 7) is 7.61. The maximum absolute atomic E-state index is 11.6. The van der Waals surface area contributed by atoms with Crippen molar-refractivity contribution >= 4 is 56.5 Å². The van der Waals surface area contributed by atoms with Crippen molar-refractivity contribution in [2.24, 2.45) is 10.3 Å². The van der Waals surface area contributed by atoms with Crippen molar-refractivity contribution in [1.29, 1.82) is 0 Å². The smallest absolute Gasteiger partial charge is 0.331 e. The molecule has 0 atom stereocenters. The molecule has 0 unspecified atom stereocenters. The number of carbonyl (C=O) groups is 2. The van der Waals surface area contributed by atoms with Crippen molar-refractivity contribution in [2.75, 3.05) is 18.1 Å². The predicted molar refractivity (Wildman–Crippen MR) is 163 cm³/mol. The normalized spacial score (nSPS) is 15.0. The molecule has 3 aromatic rings. The van der Waals surface area contributed by atoms with Gasteiger partial charge in [0.1, 0.15) is 5.71 Å². The second-order valence-electron chi connectivity index (χ2n) is 10.6. The summed E-state index contributed by atoms with van der Waals surface area (Å²) in [6, 6.07) is 7.72. The minimum absolute atomic E-state index is 0.148. The predicted octanol–water partition coefficient (Wildman–Crippen LogP) is 6.05. The number of unbranched alkanes of at least 4 members (excludes halogenated alkanes) is 1. The third kappa shape index (κ3) is 7.05. The van der Waals surface area contributed by atoms with Crippen LogP contribution in [-0.4, -0.2) is 40.6 Å². The number of carbonyl (C=O) groups excluding carboxylic acids is 2. The zero-order valence-electron chi connectivity index (χ0n) is 24.5. The number of ether oxygens (including phenoxy) is 1. The zero-order chi connectivity index (χ0) is 29.5. The van der Waals surface area contributed by atoms with E-state index in [0.29, 0.717) is 41.3 Å². The maximum atomic E-state index is 11.6. The summed E-state index contributed by atoms with van der Waals surface area (Å²) in [5.74, 6) is -0.996. The number of fused-ring (bicyclic) bond motifs is 3. The van der Waals surface area contributed by atoms with E-state index in [1.54, 1.807) is 0 Å². The van der Waals surface area contributed by atoms with Crippen LogP contribution in [-0.2, 0) is 30.5 Å². The lowest BCUT2D eigenvalue weighted by molar-refractivity contribution is -0.141. The topological polar surface area (TPSA) is 144 Å². The highest BCUT2D eigenvalue weighted by Gasteiger charge is 2.21. The van der Waals surface area contributed by atoms with Crippen molar-refractivity contribution in [3.63, 3.8) is 0 Å². The van der Waals surface area contributed by atoms with Gasteiger partial charge in [0.2, 0.25) is 0 Å². The van der Waals surface area contributed by atoms with Crippen molar-refractivity contribution in [3.05, 3.63) is 35.4 Å². The van der Waals surface area contributed by atoms with Gasteiger partial charge in [0.05, 0.1) is 40.8 Å². The summed E-state index contributed by atoms with van der Waals surface area (Å²) in [5.41, 5.74) is 18.8. The number of hydrogen-bond donors (Lipinski definition) is 2. The van der Waals surface area contributed by atoms with Crippen LogP contribution in [0.3, 0.4) is 0 Å². The average molecular weight is 564 g/mol. The molecule has 41 heavy (non-hydrogen) atoms. The van der Waals surface area contributed by atoms with Gasteiger partial charge in [0, 0.05) is 42.3 Å². The van der Waals surface area contributed by atoms with Crippen molar-refractivity contribution in [3.8, 4) is 0 Å². The highest BCUT2D eigenvalue weighted by atomic mass is 16.7. The minimum Gasteiger partial charge on any atom is -0.397 e. The summed E-state index contributed by atoms with van der Waals surface area (Å²) in [5, 5.41) is 10.1. The van der Waals surface area contributed by atoms with Crippen molar-refractivity contribution in [1.82, 2.24) is 4.57 Å². The molecule has 220 valence electrons. The highest BCUT2D eigenvalue weighted by molar-refractivity contribution is 6.19. The van der Waals surface area contributed by atoms with Gasteiger partial charge in [-0.25, -0.2) is 9.59 Å². The third-order valence-corrected chi connectivity index (χ3v) is 7.44. The van der Waals surface area contributed by atoms with Crippen LogP contribution in [0.5, 0.6) is 0 Å². The number of nitrogen functional groups attached to an aromatic ring is 2. The second-order valence-corrected chi connectivity index (χ2v) is 10.6. The first kappa shape index (κ1) is 30.0. The standard InChI is InChI=1S/C31H41N5O5/c1-5-7-13-28(34-40-19(3)37)21-14-24-25-15-22(17-27(33)31(25)36(6-2)30(24)26(32)16-21)29(35-41-20(4)38)18-39-23-11-9-8-10-12-23/h14-17,23H,5-13,18,32-33H2,1-4H3/b34-28+,35-29+. The fraction of sp³-hybridized carbons (Fsp3) is 0.484. The van der Waals surface area contributed by atoms with Gasteiger partial charge in [0.15, 0.2) is 0 Å². The van der Waals surface area contributed by atoms with Crippen LogP contribution in [0.2, 0.25) is 0 Å². The van der Waals surface area contributed by atoms with Gasteiger partial charge in [-0.1, -0.05) is 42.9 Å². The lowest BCUT2D eigenvalue weighted by atomic mass is 9.97. The summed E-state index contributed by atoms with van der Waals surface area (Å²) in [6.07, 6.45) is 8.12. The molecule has 0 bridgehead atoms. The maximum Gasteiger partial charge on any atom is 0.331 e. The second kappa shape index (κ2) is 13.6. The van der Waals surface area contributed by atoms with Crippen LogP contribution in [0.4, 0.5) is 11.4 Å². The van der Waals surface area contributed by atoms with Crippen LogP contribution in [0, 0.1) is 0 Å². The number of nitrogens with zero attached hydrogens (tertiary/aromatic N) is 3. The Labute approximate surface area is 240 Å². The minimum atomic E-state index is -0.513. The number of hydrogen-bond acceptors (Lipinski definition) is 9. The Hall–Kier alpha value is -3.92. The number of nitrogens with two attached hydrogens (primary N) is 2. The quantitative estimate of drug-likeness (QED) is 0.125. The Morgan fingerprint density at radius 2 is 1.39 bits per heavy atom. The molecule has 1 heterocycles. The number of rotatable bonds is 11. The Bertz CT molecular complexity index is 1480. The molecule has 1 aliphatic carbocycles. The number of aromatic nitrogens is 1. The van der Waals surface area contributed by atoms with Crippen LogP contribution >= 0.6 is 0 Å². The molecule has 10 nitrogen and oxygen atoms in total. The fourth-order valence-electron chi connectivity index (χ4n) is 5.50. The molecule has 0 saturated heterocycles. The van der Waals surface area contributed by atoms with Gasteiger partial charge in [0.25, 0.3) is 0 Å². The van der Waals surface area contributed by atoms with Gasteiger partial charge in [-0.3, -0.25) is 0 Å². The van der Waals surface area contributed by atoms with Crippen molar-refractivity contribution in [2.45, 2.75) is 91.7 Å². The summed E-state index contributed by atoms with van der Waals surface area (Å²) >= 11 is 0. The molecule has 1 aromatic heterocycles. The Kier molecular flexibility index (Phi) is 9.99. The van der Waals surface area contributed by atoms with Crippen molar-refractivity contribution < 1.29 is 24.0 Å². The van der Waals surface area contributed by atoms with Gasteiger partial charge in [-0.05, 0) is 56.9 Å². The molecular weight excluding hydrogens is 522 g/mol. The van der Waals surface area contributed by atoms with Crippen LogP contribution < -0.4 is 11.5 Å². The number of benzene rings is 2. The van der Waals surface area contributed by atoms with E-state index in [-0.39, 0.29) is 12.7 Å². The van der Waals surface area contributed by atoms with E-state index in [1.165, 1.54) is 20.3 Å². The molecule has 4 N–H and O–H groups in total. The number of aryl methyl sites for hydroxylation is 1. The molecule has 1 saturated carbocycles. The zero-order valence-corrected chi connectivity index (χ0v) is 24.5. The number of anilines is 2. The first-order valence-electron chi connectivity index (χ1n) is 14.5. The van der Waals surface area contributed by atoms with E-state index in [9.17, 15) is 9.59 Å². The summed E-state index contributed by atoms with van der Waals surface area (Å²) in [7, 11) is 0. The molecule has 2 aromatic carbocycles. The first-order chi connectivity index (χ1) is 19.7. The lowest BCUT2D eigenvalue weighted by Crippen LogP contribution is -2.22. The molecular formula is C31H41N5O5. The van der Waals surface area contributed by atoms with Gasteiger partial charge >= 0.3 is 11.9 Å². The Balaban J connectivity index is 1.86. The molecule has 10 heteroatoms. The highest BCUT2D eigenvalue weighted by Crippen LogP contribution is 2.38. The first-order valence-corrected chi connectivity index (χ1v) is 14.5. The van der Waals surface area contributed by atoms with E-state index in [4.69, 9.17) is 25.9 Å². The molecule has 0 aliphatic heterocycles. The molecule has 0 spiro atoms. The van der Waals surface area contributed by atoms with Gasteiger partial charge in [-0.15, -0.1) is 0 Å². The van der Waals surface area contributed by atoms with Crippen LogP contribution in [0.25, 0.3) is 21.8 Å². The molecule has 1 fully saturated rings. The van der Waals surface area contributed by atoms with Crippen LogP contribution in [0.1, 0.15) is 90.2 Å². The summed E-state index contributed by atoms with van der Waals surface area (Å²) in [4.78, 5) is 33.2. The molecule has 0 radical (unpaired) electrons. The van der Waals surface area contributed by atoms with E-state index in [1.807, 2.05) is 31.2 Å². The van der Waals surface area contributed by atoms with E-state index in [2.05, 4.69) is 21.8 Å². The fourth-order valence-corrected chi connectivity index (χ4v) is 5.50. The number of oxime groups is 2. The lowest BCUT2D eigenvalue weighted by Gasteiger charge is -2.22. The van der Waals surface area contributed by atoms with Crippen LogP contribution in [0.15, 0.2) is 34.6 Å². The molecule has 4 rings (SSSR count). The monoisotopic (exact) mass is 563 g/mol. The van der Waals surface area contributed by atoms with Gasteiger partial charge in [-0.2, -0.15) is 0 Å². The van der Waals surface area contributed by atoms with E-state index in [0.717, 1.165) is 65.9 Å². The molecule has 0 amide bonds. The summed E-state index contributed by atoms with van der Waals surface area (Å²) < 4.78 is 8.30. The Morgan fingerprint density at radius 1 is 0.854 bits per heavy atom. The molecule has 1 aliphatic rings. The SMILES string of the molecule is CCCC/C(=N\OC(C)=O)c1cc(N)c2c(c1)c1cc(/C(COC3CCCCC3)=N/OC(C)=O)cc(N)c1n2CC. The van der Waals surface area contributed by atoms with E-state index >= 15 is 0 Å². The van der Waals surface area contributed by atoms with Gasteiger partial charge < -0.3 is 30.4 Å². The Morgan fingerprint density at radius 3 is 1.90 bits per heavy atom.